The maximum atomic E-state index is 11.1. The number of nitrogens with one attached hydrogen (secondary N) is 2. The van der Waals surface area contributed by atoms with Crippen LogP contribution in [0.4, 0.5) is 0 Å². The molecule has 0 unspecified atom stereocenters. The molecule has 0 aliphatic carbocycles. The van der Waals surface area contributed by atoms with Gasteiger partial charge in [0.05, 0.1) is 6.61 Å². The summed E-state index contributed by atoms with van der Waals surface area (Å²) in [4.78, 5) is 22.1. The molecule has 0 fully saturated rings. The van der Waals surface area contributed by atoms with E-state index in [1.807, 2.05) is 20.8 Å². The van der Waals surface area contributed by atoms with Crippen LogP contribution in [0.25, 0.3) is 0 Å². The summed E-state index contributed by atoms with van der Waals surface area (Å²) in [7, 11) is 0. The van der Waals surface area contributed by atoms with Crippen LogP contribution in [-0.2, 0) is 35.4 Å². The normalized spacial score (nSPS) is 8.44. The molecule has 0 spiro atoms. The molecule has 0 aromatic carbocycles. The van der Waals surface area contributed by atoms with Crippen LogP contribution in [0.1, 0.15) is 35.0 Å². The standard InChI is InChI=1S/C10H19N2O3.C2H6.W.H2/c1-3-11-9(13)5-7-12-10(14)6-8-15-4-2;1-2;;/h2-8H2,1H3,(H,11,13)(H,12,14);1-2H3;;1H/q-1;;;. The summed E-state index contributed by atoms with van der Waals surface area (Å²) >= 11 is 0. The van der Waals surface area contributed by atoms with Gasteiger partial charge in [0.1, 0.15) is 0 Å². The Morgan fingerprint density at radius 2 is 1.72 bits per heavy atom. The molecule has 0 rings (SSSR count). The van der Waals surface area contributed by atoms with Gasteiger partial charge in [-0.15, -0.1) is 0 Å². The number of hydrogen-bond acceptors (Lipinski definition) is 3. The Hall–Kier alpha value is -0.412. The molecule has 0 radical (unpaired) electrons. The van der Waals surface area contributed by atoms with E-state index in [1.165, 1.54) is 0 Å². The molecule has 0 saturated heterocycles. The smallest absolute Gasteiger partial charge is 0.222 e. The quantitative estimate of drug-likeness (QED) is 0.448. The molecule has 5 nitrogen and oxygen atoms in total. The van der Waals surface area contributed by atoms with E-state index in [-0.39, 0.29) is 34.3 Å². The predicted octanol–water partition coefficient (Wildman–Crippen LogP) is 1.14. The van der Waals surface area contributed by atoms with Crippen molar-refractivity contribution in [1.29, 1.82) is 0 Å². The fraction of sp³-hybridized carbons (Fsp3) is 0.750. The summed E-state index contributed by atoms with van der Waals surface area (Å²) < 4.78 is 4.92. The van der Waals surface area contributed by atoms with E-state index in [0.717, 1.165) is 0 Å². The van der Waals surface area contributed by atoms with Crippen molar-refractivity contribution in [1.82, 2.24) is 10.6 Å². The van der Waals surface area contributed by atoms with Gasteiger partial charge in [0.25, 0.3) is 0 Å². The van der Waals surface area contributed by atoms with Crippen molar-refractivity contribution in [3.63, 3.8) is 0 Å². The molecule has 6 heteroatoms. The van der Waals surface area contributed by atoms with E-state index in [9.17, 15) is 9.59 Å². The monoisotopic (exact) mass is 431 g/mol. The summed E-state index contributed by atoms with van der Waals surface area (Å²) in [6.45, 7) is 11.1. The Kier molecular flexibility index (Phi) is 23.9. The summed E-state index contributed by atoms with van der Waals surface area (Å²) in [6.07, 6.45) is 0.626. The van der Waals surface area contributed by atoms with Gasteiger partial charge in [-0.3, -0.25) is 9.59 Å². The van der Waals surface area contributed by atoms with Crippen molar-refractivity contribution < 1.29 is 36.8 Å². The minimum Gasteiger partial charge on any atom is -0.413 e. The topological polar surface area (TPSA) is 67.4 Å². The zero-order chi connectivity index (χ0) is 13.5. The first kappa shape index (κ1) is 22.7. The van der Waals surface area contributed by atoms with Crippen molar-refractivity contribution in [3.8, 4) is 0 Å². The van der Waals surface area contributed by atoms with Crippen LogP contribution in [0.2, 0.25) is 0 Å². The molecule has 2 N–H and O–H groups in total. The Labute approximate surface area is 126 Å². The van der Waals surface area contributed by atoms with Crippen LogP contribution >= 0.6 is 0 Å². The van der Waals surface area contributed by atoms with Crippen LogP contribution in [0, 0.1) is 6.92 Å². The van der Waals surface area contributed by atoms with Crippen molar-refractivity contribution in [2.75, 3.05) is 26.3 Å². The van der Waals surface area contributed by atoms with Gasteiger partial charge >= 0.3 is 0 Å². The Balaban J connectivity index is -0.000000267. The maximum absolute atomic E-state index is 11.1. The largest absolute Gasteiger partial charge is 0.413 e. The van der Waals surface area contributed by atoms with Crippen LogP contribution in [-0.4, -0.2) is 38.1 Å². The van der Waals surface area contributed by atoms with Crippen molar-refractivity contribution in [2.45, 2.75) is 33.6 Å². The third-order valence-corrected chi connectivity index (χ3v) is 1.67. The average molecular weight is 431 g/mol. The number of amides is 2. The summed E-state index contributed by atoms with van der Waals surface area (Å²) in [5, 5.41) is 5.28. The molecule has 110 valence electrons. The van der Waals surface area contributed by atoms with E-state index >= 15 is 0 Å². The minimum absolute atomic E-state index is 0. The van der Waals surface area contributed by atoms with E-state index in [0.29, 0.717) is 39.1 Å². The number of rotatable bonds is 8. The Morgan fingerprint density at radius 3 is 2.22 bits per heavy atom. The fourth-order valence-corrected chi connectivity index (χ4v) is 0.956. The first-order chi connectivity index (χ1) is 8.20. The SMILES string of the molecule is CC.[CH2-]COCCC(=O)NCCC(=O)NCC.[HH].[W]. The first-order valence-electron chi connectivity index (χ1n) is 6.11. The third-order valence-electron chi connectivity index (χ3n) is 1.67. The van der Waals surface area contributed by atoms with Crippen LogP contribution < -0.4 is 10.6 Å². The first-order valence-corrected chi connectivity index (χ1v) is 6.11. The number of carbonyl (C=O) groups excluding carboxylic acids is 2. The van der Waals surface area contributed by atoms with E-state index in [2.05, 4.69) is 17.6 Å². The van der Waals surface area contributed by atoms with E-state index < -0.39 is 0 Å². The van der Waals surface area contributed by atoms with Gasteiger partial charge in [-0.05, 0) is 6.92 Å². The minimum atomic E-state index is -0.104. The summed E-state index contributed by atoms with van der Waals surface area (Å²) in [6, 6.07) is 0. The van der Waals surface area contributed by atoms with Gasteiger partial charge in [0, 0.05) is 48.4 Å². The number of hydrogen-bond donors (Lipinski definition) is 2. The third kappa shape index (κ3) is 18.0. The van der Waals surface area contributed by atoms with E-state index in [4.69, 9.17) is 4.74 Å². The molecule has 0 atom stereocenters. The van der Waals surface area contributed by atoms with Crippen LogP contribution in [0.15, 0.2) is 0 Å². The van der Waals surface area contributed by atoms with Gasteiger partial charge in [-0.25, -0.2) is 0 Å². The van der Waals surface area contributed by atoms with Crippen molar-refractivity contribution in [2.24, 2.45) is 0 Å². The molecular weight excluding hydrogens is 404 g/mol. The van der Waals surface area contributed by atoms with Gasteiger partial charge in [-0.2, -0.15) is 0 Å². The van der Waals surface area contributed by atoms with Crippen LogP contribution in [0.5, 0.6) is 0 Å². The molecule has 18 heavy (non-hydrogen) atoms. The number of carbonyl (C=O) groups is 2. The molecule has 0 aliphatic rings. The van der Waals surface area contributed by atoms with Gasteiger partial charge < -0.3 is 22.3 Å². The summed E-state index contributed by atoms with van der Waals surface area (Å²) in [5.41, 5.74) is 0. The molecule has 0 bridgehead atoms. The average Bonchev–Trinajstić information content (AvgIpc) is 2.32. The van der Waals surface area contributed by atoms with Gasteiger partial charge in [0.15, 0.2) is 0 Å². The molecule has 0 aromatic heterocycles. The molecule has 0 saturated carbocycles. The van der Waals surface area contributed by atoms with Crippen molar-refractivity contribution in [3.05, 3.63) is 6.92 Å². The molecule has 0 heterocycles. The fourth-order valence-electron chi connectivity index (χ4n) is 0.956. The zero-order valence-electron chi connectivity index (χ0n) is 11.6. The molecular formula is C12H27N2O3W-. The second-order valence-corrected chi connectivity index (χ2v) is 2.92. The number of ether oxygens (including phenoxy) is 1. The second kappa shape index (κ2) is 18.9. The maximum Gasteiger partial charge on any atom is 0.222 e. The zero-order valence-corrected chi connectivity index (χ0v) is 14.5. The van der Waals surface area contributed by atoms with E-state index in [1.54, 1.807) is 0 Å². The molecule has 0 aliphatic heterocycles. The van der Waals surface area contributed by atoms with Gasteiger partial charge in [-0.1, -0.05) is 20.5 Å². The molecule has 0 aromatic rings. The second-order valence-electron chi connectivity index (χ2n) is 2.92. The van der Waals surface area contributed by atoms with Crippen molar-refractivity contribution >= 4 is 11.8 Å². The summed E-state index contributed by atoms with van der Waals surface area (Å²) in [5.74, 6) is -0.153. The Bertz CT molecular complexity index is 207. The van der Waals surface area contributed by atoms with Crippen LogP contribution in [0.3, 0.4) is 0 Å². The van der Waals surface area contributed by atoms with Gasteiger partial charge in [0.2, 0.25) is 11.8 Å². The predicted molar refractivity (Wildman–Crippen MR) is 70.6 cm³/mol. The molecule has 2 amide bonds. The Morgan fingerprint density at radius 1 is 1.17 bits per heavy atom.